The number of hydrogen-bond acceptors (Lipinski definition) is 6. The number of benzene rings is 1. The highest BCUT2D eigenvalue weighted by molar-refractivity contribution is 5.89. The maximum Gasteiger partial charge on any atom is 0.338 e. The lowest BCUT2D eigenvalue weighted by Crippen LogP contribution is -2.76. The van der Waals surface area contributed by atoms with Crippen LogP contribution in [0, 0.1) is 51.2 Å². The quantitative estimate of drug-likeness (QED) is 0.287. The van der Waals surface area contributed by atoms with E-state index in [9.17, 15) is 19.8 Å². The molecule has 13 atom stereocenters. The Morgan fingerprint density at radius 2 is 1.57 bits per heavy atom. The zero-order valence-electron chi connectivity index (χ0n) is 27.5. The second-order valence-electron chi connectivity index (χ2n) is 16.1. The van der Waals surface area contributed by atoms with Crippen LogP contribution < -0.4 is 0 Å². The van der Waals surface area contributed by atoms with Crippen LogP contribution in [0.2, 0.25) is 0 Å². The van der Waals surface area contributed by atoms with E-state index in [1.165, 1.54) is 12.5 Å². The zero-order chi connectivity index (χ0) is 32.0. The third kappa shape index (κ3) is 4.18. The number of carbonyl (C=O) groups excluding carboxylic acids is 2. The van der Waals surface area contributed by atoms with Crippen LogP contribution in [0.15, 0.2) is 54.6 Å². The van der Waals surface area contributed by atoms with Crippen LogP contribution in [0.1, 0.15) is 96.8 Å². The first-order chi connectivity index (χ1) is 20.6. The van der Waals surface area contributed by atoms with Crippen LogP contribution in [0.3, 0.4) is 0 Å². The Kier molecular flexibility index (Phi) is 7.56. The predicted octanol–water partition coefficient (Wildman–Crippen LogP) is 6.90. The molecule has 5 fully saturated rings. The second kappa shape index (κ2) is 10.6. The number of esters is 2. The first-order valence-corrected chi connectivity index (χ1v) is 16.7. The van der Waals surface area contributed by atoms with Crippen molar-refractivity contribution >= 4 is 11.9 Å². The monoisotopic (exact) mass is 604 g/mol. The van der Waals surface area contributed by atoms with E-state index in [0.29, 0.717) is 35.8 Å². The largest absolute Gasteiger partial charge is 0.462 e. The normalized spacial score (nSPS) is 47.8. The van der Waals surface area contributed by atoms with E-state index in [1.807, 2.05) is 18.2 Å². The highest BCUT2D eigenvalue weighted by Crippen LogP contribution is 2.77. The van der Waals surface area contributed by atoms with Gasteiger partial charge in [0.1, 0.15) is 12.2 Å². The van der Waals surface area contributed by atoms with Gasteiger partial charge in [-0.3, -0.25) is 4.79 Å². The highest BCUT2D eigenvalue weighted by Gasteiger charge is 2.77. The first-order valence-electron chi connectivity index (χ1n) is 16.7. The molecule has 0 saturated heterocycles. The van der Waals surface area contributed by atoms with Gasteiger partial charge in [0.25, 0.3) is 0 Å². The lowest BCUT2D eigenvalue weighted by Gasteiger charge is -2.74. The first kappa shape index (κ1) is 31.5. The molecule has 44 heavy (non-hydrogen) atoms. The van der Waals surface area contributed by atoms with Crippen molar-refractivity contribution in [2.24, 2.45) is 51.2 Å². The predicted molar refractivity (Wildman–Crippen MR) is 169 cm³/mol. The van der Waals surface area contributed by atoms with Gasteiger partial charge in [-0.15, -0.1) is 0 Å². The molecule has 6 rings (SSSR count). The van der Waals surface area contributed by atoms with Crippen LogP contribution in [-0.4, -0.2) is 46.6 Å². The van der Waals surface area contributed by atoms with E-state index in [0.717, 1.165) is 32.1 Å². The molecule has 5 saturated carbocycles. The number of hydrogen-bond donors (Lipinski definition) is 2. The molecule has 5 aliphatic carbocycles. The fraction of sp³-hybridized carbons (Fsp3) is 0.684. The van der Waals surface area contributed by atoms with Gasteiger partial charge in [-0.05, 0) is 104 Å². The van der Waals surface area contributed by atoms with Crippen molar-refractivity contribution in [2.75, 3.05) is 0 Å². The SMILES string of the molecule is C=C1[C@@H]2[C@H](O)[C@H](OC(=O)c3ccccc3)[C@]3(C)[C@H]([C@H](OC(C)=O)C[C@@H]4[C@@]5(C)CC[C@@H](C(=C)C)[C@@H]5CC[C@]43C)[C@@]2(C)CC[C@@H]1O. The fourth-order valence-corrected chi connectivity index (χ4v) is 12.3. The van der Waals surface area contributed by atoms with E-state index >= 15 is 0 Å². The van der Waals surface area contributed by atoms with E-state index in [-0.39, 0.29) is 28.6 Å². The lowest BCUT2D eigenvalue weighted by molar-refractivity contribution is -0.315. The molecule has 0 aliphatic heterocycles. The molecular weight excluding hydrogens is 552 g/mol. The summed E-state index contributed by atoms with van der Waals surface area (Å²) < 4.78 is 12.9. The molecule has 0 aromatic heterocycles. The zero-order valence-corrected chi connectivity index (χ0v) is 27.5. The third-order valence-corrected chi connectivity index (χ3v) is 14.2. The number of aliphatic hydroxyl groups is 2. The smallest absolute Gasteiger partial charge is 0.338 e. The number of carbonyl (C=O) groups is 2. The number of allylic oxidation sites excluding steroid dienone is 1. The minimum atomic E-state index is -1.07. The molecule has 0 unspecified atom stereocenters. The summed E-state index contributed by atoms with van der Waals surface area (Å²) in [6.45, 7) is 21.5. The molecule has 0 radical (unpaired) electrons. The molecule has 0 bridgehead atoms. The van der Waals surface area contributed by atoms with Crippen molar-refractivity contribution in [2.45, 2.75) is 111 Å². The average molecular weight is 605 g/mol. The minimum Gasteiger partial charge on any atom is -0.462 e. The molecule has 5 aliphatic rings. The maximum absolute atomic E-state index is 13.8. The number of fused-ring (bicyclic) bond motifs is 7. The number of ether oxygens (including phenoxy) is 2. The van der Waals surface area contributed by atoms with Crippen LogP contribution >= 0.6 is 0 Å². The van der Waals surface area contributed by atoms with Gasteiger partial charge in [-0.2, -0.15) is 0 Å². The van der Waals surface area contributed by atoms with E-state index in [1.54, 1.807) is 12.1 Å². The van der Waals surface area contributed by atoms with Crippen LogP contribution in [0.25, 0.3) is 0 Å². The second-order valence-corrected chi connectivity index (χ2v) is 16.1. The molecule has 6 nitrogen and oxygen atoms in total. The van der Waals surface area contributed by atoms with E-state index in [4.69, 9.17) is 9.47 Å². The molecule has 0 heterocycles. The molecule has 240 valence electrons. The van der Waals surface area contributed by atoms with Crippen molar-refractivity contribution in [3.63, 3.8) is 0 Å². The summed E-state index contributed by atoms with van der Waals surface area (Å²) in [7, 11) is 0. The maximum atomic E-state index is 13.8. The van der Waals surface area contributed by atoms with E-state index in [2.05, 4.69) is 47.8 Å². The molecule has 0 amide bonds. The van der Waals surface area contributed by atoms with Gasteiger partial charge in [-0.25, -0.2) is 4.79 Å². The summed E-state index contributed by atoms with van der Waals surface area (Å²) in [6, 6.07) is 8.95. The Labute approximate surface area is 263 Å². The average Bonchev–Trinajstić information content (AvgIpc) is 3.32. The van der Waals surface area contributed by atoms with Gasteiger partial charge in [0.05, 0.1) is 17.8 Å². The molecule has 0 spiro atoms. The fourth-order valence-electron chi connectivity index (χ4n) is 12.3. The van der Waals surface area contributed by atoms with Crippen LogP contribution in [-0.2, 0) is 14.3 Å². The summed E-state index contributed by atoms with van der Waals surface area (Å²) in [5, 5.41) is 23.5. The van der Waals surface area contributed by atoms with Crippen molar-refractivity contribution in [1.82, 2.24) is 0 Å². The Morgan fingerprint density at radius 1 is 0.909 bits per heavy atom. The van der Waals surface area contributed by atoms with Gasteiger partial charge in [0.15, 0.2) is 0 Å². The minimum absolute atomic E-state index is 0.00789. The summed E-state index contributed by atoms with van der Waals surface area (Å²) in [5.41, 5.74) is 0.671. The van der Waals surface area contributed by atoms with Crippen molar-refractivity contribution in [3.8, 4) is 0 Å². The molecular formula is C38H52O6. The Balaban J connectivity index is 1.55. The van der Waals surface area contributed by atoms with Crippen LogP contribution in [0.4, 0.5) is 0 Å². The molecule has 2 N–H and O–H groups in total. The molecule has 1 aromatic carbocycles. The van der Waals surface area contributed by atoms with Gasteiger partial charge in [-0.1, -0.05) is 64.6 Å². The summed E-state index contributed by atoms with van der Waals surface area (Å²) in [6.07, 6.45) is 2.96. The van der Waals surface area contributed by atoms with Crippen LogP contribution in [0.5, 0.6) is 0 Å². The highest BCUT2D eigenvalue weighted by atomic mass is 16.6. The summed E-state index contributed by atoms with van der Waals surface area (Å²) in [5.74, 6) is -0.376. The van der Waals surface area contributed by atoms with E-state index < -0.39 is 47.1 Å². The summed E-state index contributed by atoms with van der Waals surface area (Å²) >= 11 is 0. The van der Waals surface area contributed by atoms with Crippen molar-refractivity contribution in [1.29, 1.82) is 0 Å². The van der Waals surface area contributed by atoms with Gasteiger partial charge in [0.2, 0.25) is 0 Å². The lowest BCUT2D eigenvalue weighted by atomic mass is 9.31. The summed E-state index contributed by atoms with van der Waals surface area (Å²) in [4.78, 5) is 26.7. The Bertz CT molecular complexity index is 1350. The molecule has 1 aromatic rings. The topological polar surface area (TPSA) is 93.1 Å². The number of aliphatic hydroxyl groups excluding tert-OH is 2. The number of rotatable bonds is 4. The Hall–Kier alpha value is -2.44. The Morgan fingerprint density at radius 3 is 2.20 bits per heavy atom. The van der Waals surface area contributed by atoms with Gasteiger partial charge < -0.3 is 19.7 Å². The standard InChI is InChI=1S/C38H52O6/c1-21(2)25-14-17-35(5)26(25)15-19-37(7)29(35)20-28(43-23(4)39)32-36(6)18-16-27(40)22(3)30(36)31(41)33(38(32,37)8)44-34(42)24-12-10-9-11-13-24/h9-13,25-33,40-41H,1,3,14-20H2,2,4-8H3/t25-,26-,27-,28+,29+,30+,31-,32+,33-,35-,36-,37+,38-/m0/s1. The molecule has 6 heteroatoms. The van der Waals surface area contributed by atoms with Crippen molar-refractivity contribution < 1.29 is 29.3 Å². The van der Waals surface area contributed by atoms with Gasteiger partial charge in [0, 0.05) is 24.2 Å². The van der Waals surface area contributed by atoms with Gasteiger partial charge >= 0.3 is 11.9 Å². The third-order valence-electron chi connectivity index (χ3n) is 14.2. The van der Waals surface area contributed by atoms with Crippen molar-refractivity contribution in [3.05, 3.63) is 60.2 Å².